The Morgan fingerprint density at radius 1 is 1.00 bits per heavy atom. The molecular formula is C24H24N4O4S. The van der Waals surface area contributed by atoms with E-state index in [1.165, 1.54) is 9.44 Å². The van der Waals surface area contributed by atoms with Gasteiger partial charge in [-0.2, -0.15) is 0 Å². The first-order chi connectivity index (χ1) is 16.1. The second kappa shape index (κ2) is 8.00. The van der Waals surface area contributed by atoms with Crippen LogP contribution in [0.3, 0.4) is 0 Å². The van der Waals surface area contributed by atoms with Gasteiger partial charge in [0.25, 0.3) is 11.5 Å². The van der Waals surface area contributed by atoms with Crippen LogP contribution >= 0.6 is 11.3 Å². The van der Waals surface area contributed by atoms with Crippen molar-refractivity contribution in [2.45, 2.75) is 32.1 Å². The van der Waals surface area contributed by atoms with Crippen LogP contribution in [0.4, 0.5) is 0 Å². The molecule has 2 N–H and O–H groups in total. The van der Waals surface area contributed by atoms with E-state index in [4.69, 9.17) is 4.74 Å². The maximum absolute atomic E-state index is 13.5. The van der Waals surface area contributed by atoms with Gasteiger partial charge in [0.15, 0.2) is 0 Å². The van der Waals surface area contributed by atoms with E-state index in [1.807, 2.05) is 6.07 Å². The zero-order valence-corrected chi connectivity index (χ0v) is 18.9. The Morgan fingerprint density at radius 2 is 1.82 bits per heavy atom. The van der Waals surface area contributed by atoms with Gasteiger partial charge in [0.2, 0.25) is 0 Å². The molecule has 1 saturated heterocycles. The number of carbonyl (C=O) groups excluding carboxylic acids is 1. The highest BCUT2D eigenvalue weighted by molar-refractivity contribution is 7.18. The Kier molecular flexibility index (Phi) is 4.95. The number of nitrogens with zero attached hydrogens (tertiary/aromatic N) is 2. The van der Waals surface area contributed by atoms with Gasteiger partial charge in [0, 0.05) is 28.9 Å². The van der Waals surface area contributed by atoms with Crippen LogP contribution in [0.25, 0.3) is 26.8 Å². The first kappa shape index (κ1) is 20.4. The molecule has 4 heterocycles. The second-order valence-corrected chi connectivity index (χ2v) is 9.80. The normalized spacial score (nSPS) is 16.8. The Morgan fingerprint density at radius 3 is 2.67 bits per heavy atom. The van der Waals surface area contributed by atoms with Gasteiger partial charge in [0.1, 0.15) is 10.5 Å². The maximum atomic E-state index is 13.5. The third-order valence-electron chi connectivity index (χ3n) is 6.65. The molecule has 3 aromatic heterocycles. The minimum absolute atomic E-state index is 0.0755. The summed E-state index contributed by atoms with van der Waals surface area (Å²) >= 11 is 1.54. The summed E-state index contributed by atoms with van der Waals surface area (Å²) in [6.45, 7) is 2.21. The fourth-order valence-corrected chi connectivity index (χ4v) is 6.23. The summed E-state index contributed by atoms with van der Waals surface area (Å²) in [5.41, 5.74) is 2.16. The fourth-order valence-electron chi connectivity index (χ4n) is 4.96. The Bertz CT molecular complexity index is 1500. The number of benzene rings is 1. The third-order valence-corrected chi connectivity index (χ3v) is 7.86. The van der Waals surface area contributed by atoms with Crippen LogP contribution in [-0.2, 0) is 17.6 Å². The van der Waals surface area contributed by atoms with E-state index in [-0.39, 0.29) is 11.5 Å². The molecule has 2 aliphatic rings. The lowest BCUT2D eigenvalue weighted by Crippen LogP contribution is -2.40. The van der Waals surface area contributed by atoms with Crippen LogP contribution in [0.1, 0.15) is 40.2 Å². The first-order valence-corrected chi connectivity index (χ1v) is 12.2. The van der Waals surface area contributed by atoms with E-state index < -0.39 is 5.69 Å². The lowest BCUT2D eigenvalue weighted by atomic mass is 10.1. The highest BCUT2D eigenvalue weighted by Crippen LogP contribution is 2.32. The number of aromatic amines is 2. The van der Waals surface area contributed by atoms with Crippen molar-refractivity contribution in [1.82, 2.24) is 19.4 Å². The van der Waals surface area contributed by atoms with Crippen molar-refractivity contribution in [2.75, 3.05) is 26.3 Å². The molecule has 0 spiro atoms. The lowest BCUT2D eigenvalue weighted by molar-refractivity contribution is 0.0299. The summed E-state index contributed by atoms with van der Waals surface area (Å²) in [6, 6.07) is 7.13. The molecule has 1 amide bonds. The molecule has 8 nitrogen and oxygen atoms in total. The molecule has 0 radical (unpaired) electrons. The van der Waals surface area contributed by atoms with Gasteiger partial charge in [0.05, 0.1) is 24.3 Å². The van der Waals surface area contributed by atoms with Crippen molar-refractivity contribution in [2.24, 2.45) is 0 Å². The molecule has 6 rings (SSSR count). The first-order valence-electron chi connectivity index (χ1n) is 11.4. The van der Waals surface area contributed by atoms with Gasteiger partial charge in [-0.25, -0.2) is 9.36 Å². The summed E-state index contributed by atoms with van der Waals surface area (Å²) in [6.07, 6.45) is 5.18. The van der Waals surface area contributed by atoms with Gasteiger partial charge in [-0.1, -0.05) is 6.42 Å². The second-order valence-electron chi connectivity index (χ2n) is 8.70. The highest BCUT2D eigenvalue weighted by Gasteiger charge is 2.22. The van der Waals surface area contributed by atoms with E-state index in [0.29, 0.717) is 47.9 Å². The third kappa shape index (κ3) is 3.43. The fraction of sp³-hybridized carbons (Fsp3) is 0.375. The number of thiophene rings is 1. The van der Waals surface area contributed by atoms with E-state index in [9.17, 15) is 14.4 Å². The van der Waals surface area contributed by atoms with Crippen LogP contribution in [0.5, 0.6) is 0 Å². The van der Waals surface area contributed by atoms with Gasteiger partial charge in [-0.3, -0.25) is 14.6 Å². The van der Waals surface area contributed by atoms with Gasteiger partial charge in [-0.15, -0.1) is 11.3 Å². The quantitative estimate of drug-likeness (QED) is 0.446. The number of hydrogen-bond acceptors (Lipinski definition) is 5. The zero-order valence-electron chi connectivity index (χ0n) is 18.1. The topological polar surface area (TPSA) is 100 Å². The molecule has 0 unspecified atom stereocenters. The number of ether oxygens (including phenoxy) is 1. The van der Waals surface area contributed by atoms with Gasteiger partial charge in [-0.05, 0) is 55.5 Å². The monoisotopic (exact) mass is 464 g/mol. The molecular weight excluding hydrogens is 440 g/mol. The molecule has 0 bridgehead atoms. The molecule has 4 aromatic rings. The van der Waals surface area contributed by atoms with E-state index >= 15 is 0 Å². The molecule has 1 fully saturated rings. The van der Waals surface area contributed by atoms with Crippen molar-refractivity contribution < 1.29 is 9.53 Å². The Hall–Kier alpha value is -3.17. The standard InChI is InChI=1S/C24H24N4O4S/c29-22(27-8-10-32-11-9-27)18-13-14-12-15(6-7-17(14)25-18)28-23(30)20-16-4-2-1-3-5-19(16)33-21(20)26-24(28)31/h6-7,12-13,25H,1-5,8-11H2,(H,26,31). The van der Waals surface area contributed by atoms with Crippen LogP contribution < -0.4 is 11.2 Å². The highest BCUT2D eigenvalue weighted by atomic mass is 32.1. The van der Waals surface area contributed by atoms with E-state index in [0.717, 1.165) is 48.6 Å². The molecule has 33 heavy (non-hydrogen) atoms. The van der Waals surface area contributed by atoms with Crippen molar-refractivity contribution in [1.29, 1.82) is 0 Å². The maximum Gasteiger partial charge on any atom is 0.334 e. The molecule has 1 aliphatic carbocycles. The number of aromatic nitrogens is 3. The van der Waals surface area contributed by atoms with E-state index in [2.05, 4.69) is 9.97 Å². The average Bonchev–Trinajstić information content (AvgIpc) is 3.32. The van der Waals surface area contributed by atoms with Crippen LogP contribution in [0.15, 0.2) is 33.9 Å². The average molecular weight is 465 g/mol. The number of aryl methyl sites for hydroxylation is 2. The minimum Gasteiger partial charge on any atom is -0.378 e. The van der Waals surface area contributed by atoms with Crippen molar-refractivity contribution in [3.63, 3.8) is 0 Å². The number of carbonyl (C=O) groups is 1. The number of rotatable bonds is 2. The number of morpholine rings is 1. The van der Waals surface area contributed by atoms with Gasteiger partial charge >= 0.3 is 5.69 Å². The summed E-state index contributed by atoms with van der Waals surface area (Å²) < 4.78 is 6.55. The van der Waals surface area contributed by atoms with Crippen LogP contribution in [-0.4, -0.2) is 51.6 Å². The zero-order chi connectivity index (χ0) is 22.5. The summed E-state index contributed by atoms with van der Waals surface area (Å²) in [5.74, 6) is -0.0755. The van der Waals surface area contributed by atoms with Crippen molar-refractivity contribution in [3.8, 4) is 5.69 Å². The molecule has 1 aromatic carbocycles. The Labute approximate surface area is 192 Å². The molecule has 170 valence electrons. The molecule has 9 heteroatoms. The summed E-state index contributed by atoms with van der Waals surface area (Å²) in [5, 5.41) is 1.42. The summed E-state index contributed by atoms with van der Waals surface area (Å²) in [7, 11) is 0. The largest absolute Gasteiger partial charge is 0.378 e. The Balaban J connectivity index is 1.44. The smallest absolute Gasteiger partial charge is 0.334 e. The molecule has 1 aliphatic heterocycles. The molecule has 0 saturated carbocycles. The number of H-pyrrole nitrogens is 2. The SMILES string of the molecule is O=C(c1cc2cc(-n3c(=O)[nH]c4sc5c(c4c3=O)CCCCC5)ccc2[nH]1)N1CCOCC1. The lowest BCUT2D eigenvalue weighted by Gasteiger charge is -2.26. The predicted molar refractivity (Wildman–Crippen MR) is 128 cm³/mol. The van der Waals surface area contributed by atoms with E-state index in [1.54, 1.807) is 34.4 Å². The van der Waals surface area contributed by atoms with Crippen molar-refractivity contribution in [3.05, 3.63) is 61.2 Å². The predicted octanol–water partition coefficient (Wildman–Crippen LogP) is 2.96. The van der Waals surface area contributed by atoms with Gasteiger partial charge < -0.3 is 14.6 Å². The minimum atomic E-state index is -0.441. The van der Waals surface area contributed by atoms with Crippen LogP contribution in [0, 0.1) is 0 Å². The number of amides is 1. The van der Waals surface area contributed by atoms with Crippen molar-refractivity contribution >= 4 is 38.4 Å². The van der Waals surface area contributed by atoms with Crippen LogP contribution in [0.2, 0.25) is 0 Å². The number of nitrogens with one attached hydrogen (secondary N) is 2. The summed E-state index contributed by atoms with van der Waals surface area (Å²) in [4.78, 5) is 49.1. The number of hydrogen-bond donors (Lipinski definition) is 2. The number of fused-ring (bicyclic) bond motifs is 4. The molecule has 0 atom stereocenters.